The number of hydrogen-bond donors (Lipinski definition) is 1. The standard InChI is InChI=1S/C14H23F3N4/c1-5-11(10-7-8-10)20-9-12(18-3)21(4)13(19-6-2)14(15,16)17/h5,10,12,18H,1,6-9H2,2-4H3/b19-13-,20-11+. The summed E-state index contributed by atoms with van der Waals surface area (Å²) in [6.45, 7) is 5.59. The maximum atomic E-state index is 13.0. The van der Waals surface area contributed by atoms with Crippen LogP contribution in [0.4, 0.5) is 13.2 Å². The van der Waals surface area contributed by atoms with Gasteiger partial charge in [0, 0.05) is 25.2 Å². The summed E-state index contributed by atoms with van der Waals surface area (Å²) >= 11 is 0. The molecule has 120 valence electrons. The molecule has 1 atom stereocenters. The van der Waals surface area contributed by atoms with Crippen LogP contribution in [0.25, 0.3) is 0 Å². The number of hydrogen-bond acceptors (Lipinski definition) is 3. The van der Waals surface area contributed by atoms with Gasteiger partial charge in [-0.15, -0.1) is 0 Å². The number of allylic oxidation sites excluding steroid dienone is 1. The van der Waals surface area contributed by atoms with Crippen LogP contribution in [0.15, 0.2) is 22.6 Å². The molecular weight excluding hydrogens is 281 g/mol. The summed E-state index contributed by atoms with van der Waals surface area (Å²) in [4.78, 5) is 9.06. The number of alkyl halides is 3. The molecule has 0 radical (unpaired) electrons. The Balaban J connectivity index is 2.82. The van der Waals surface area contributed by atoms with Crippen molar-refractivity contribution in [3.63, 3.8) is 0 Å². The summed E-state index contributed by atoms with van der Waals surface area (Å²) in [6, 6.07) is 0. The number of nitrogens with zero attached hydrogens (tertiary/aromatic N) is 3. The topological polar surface area (TPSA) is 40.0 Å². The number of amidine groups is 1. The molecular formula is C14H23F3N4. The van der Waals surface area contributed by atoms with Crippen LogP contribution >= 0.6 is 0 Å². The average molecular weight is 304 g/mol. The van der Waals surface area contributed by atoms with E-state index in [4.69, 9.17) is 0 Å². The third-order valence-electron chi connectivity index (χ3n) is 3.35. The monoisotopic (exact) mass is 304 g/mol. The molecule has 1 N–H and O–H groups in total. The molecule has 0 spiro atoms. The molecule has 1 rings (SSSR count). The smallest absolute Gasteiger partial charge is 0.338 e. The predicted octanol–water partition coefficient (Wildman–Crippen LogP) is 2.48. The fourth-order valence-electron chi connectivity index (χ4n) is 2.04. The van der Waals surface area contributed by atoms with Crippen LogP contribution in [0, 0.1) is 5.92 Å². The van der Waals surface area contributed by atoms with E-state index >= 15 is 0 Å². The number of halogens is 3. The van der Waals surface area contributed by atoms with Gasteiger partial charge in [0.25, 0.3) is 0 Å². The van der Waals surface area contributed by atoms with Gasteiger partial charge in [-0.05, 0) is 32.9 Å². The van der Waals surface area contributed by atoms with Crippen molar-refractivity contribution in [2.24, 2.45) is 15.9 Å². The number of aliphatic imine (C=N–C) groups is 2. The van der Waals surface area contributed by atoms with Gasteiger partial charge in [-0.1, -0.05) is 6.58 Å². The van der Waals surface area contributed by atoms with E-state index in [1.54, 1.807) is 20.0 Å². The summed E-state index contributed by atoms with van der Waals surface area (Å²) in [6.07, 6.45) is -1.19. The maximum absolute atomic E-state index is 13.0. The molecule has 1 aliphatic rings. The van der Waals surface area contributed by atoms with E-state index in [1.807, 2.05) is 0 Å². The maximum Gasteiger partial charge on any atom is 0.449 e. The van der Waals surface area contributed by atoms with E-state index < -0.39 is 18.2 Å². The van der Waals surface area contributed by atoms with Gasteiger partial charge < -0.3 is 4.90 Å². The molecule has 0 bridgehead atoms. The van der Waals surface area contributed by atoms with E-state index in [1.165, 1.54) is 7.05 Å². The normalized spacial score (nSPS) is 18.6. The number of rotatable bonds is 7. The molecule has 0 aromatic rings. The van der Waals surface area contributed by atoms with Crippen molar-refractivity contribution < 1.29 is 13.2 Å². The van der Waals surface area contributed by atoms with Gasteiger partial charge in [0.05, 0.1) is 6.54 Å². The third-order valence-corrected chi connectivity index (χ3v) is 3.35. The van der Waals surface area contributed by atoms with Crippen molar-refractivity contribution in [1.82, 2.24) is 10.2 Å². The van der Waals surface area contributed by atoms with Crippen molar-refractivity contribution in [2.45, 2.75) is 32.1 Å². The number of likely N-dealkylation sites (N-methyl/N-ethyl adjacent to an activating group) is 2. The number of nitrogens with one attached hydrogen (secondary N) is 1. The Hall–Kier alpha value is -1.37. The third kappa shape index (κ3) is 5.15. The first-order chi connectivity index (χ1) is 9.85. The van der Waals surface area contributed by atoms with Crippen molar-refractivity contribution in [2.75, 3.05) is 27.2 Å². The lowest BCUT2D eigenvalue weighted by Gasteiger charge is -2.30. The van der Waals surface area contributed by atoms with Crippen LogP contribution in [0.1, 0.15) is 19.8 Å². The molecule has 0 aromatic heterocycles. The first-order valence-corrected chi connectivity index (χ1v) is 7.03. The van der Waals surface area contributed by atoms with Gasteiger partial charge >= 0.3 is 6.18 Å². The highest BCUT2D eigenvalue weighted by Gasteiger charge is 2.40. The van der Waals surface area contributed by atoms with Gasteiger partial charge in [0.2, 0.25) is 5.84 Å². The van der Waals surface area contributed by atoms with Crippen molar-refractivity contribution in [3.05, 3.63) is 12.7 Å². The van der Waals surface area contributed by atoms with E-state index in [0.717, 1.165) is 23.5 Å². The van der Waals surface area contributed by atoms with Gasteiger partial charge in [0.15, 0.2) is 0 Å². The fraction of sp³-hybridized carbons (Fsp3) is 0.714. The zero-order valence-electron chi connectivity index (χ0n) is 12.7. The zero-order valence-corrected chi connectivity index (χ0v) is 12.7. The Morgan fingerprint density at radius 1 is 1.43 bits per heavy atom. The van der Waals surface area contributed by atoms with E-state index in [9.17, 15) is 13.2 Å². The van der Waals surface area contributed by atoms with Gasteiger partial charge in [-0.2, -0.15) is 13.2 Å². The highest BCUT2D eigenvalue weighted by molar-refractivity contribution is 5.98. The highest BCUT2D eigenvalue weighted by atomic mass is 19.4. The molecule has 1 unspecified atom stereocenters. The molecule has 21 heavy (non-hydrogen) atoms. The lowest BCUT2D eigenvalue weighted by Crippen LogP contribution is -2.51. The molecule has 0 aromatic carbocycles. The molecule has 1 saturated carbocycles. The summed E-state index contributed by atoms with van der Waals surface area (Å²) in [5, 5.41) is 2.86. The van der Waals surface area contributed by atoms with Crippen LogP contribution in [0.2, 0.25) is 0 Å². The lowest BCUT2D eigenvalue weighted by atomic mass is 10.2. The average Bonchev–Trinajstić information content (AvgIpc) is 3.23. The summed E-state index contributed by atoms with van der Waals surface area (Å²) in [5.41, 5.74) is 0.879. The van der Waals surface area contributed by atoms with Crippen LogP contribution in [0.3, 0.4) is 0 Å². The van der Waals surface area contributed by atoms with Crippen molar-refractivity contribution in [3.8, 4) is 0 Å². The predicted molar refractivity (Wildman–Crippen MR) is 79.9 cm³/mol. The molecule has 0 saturated heterocycles. The van der Waals surface area contributed by atoms with E-state index in [2.05, 4.69) is 21.9 Å². The molecule has 0 amide bonds. The minimum Gasteiger partial charge on any atom is -0.338 e. The second-order valence-electron chi connectivity index (χ2n) is 4.96. The molecule has 0 heterocycles. The second-order valence-corrected chi connectivity index (χ2v) is 4.96. The van der Waals surface area contributed by atoms with Crippen LogP contribution in [0.5, 0.6) is 0 Å². The molecule has 0 aliphatic heterocycles. The summed E-state index contributed by atoms with van der Waals surface area (Å²) < 4.78 is 39.0. The minimum atomic E-state index is -4.47. The first kappa shape index (κ1) is 17.7. The largest absolute Gasteiger partial charge is 0.449 e. The highest BCUT2D eigenvalue weighted by Crippen LogP contribution is 2.31. The Bertz CT molecular complexity index is 411. The van der Waals surface area contributed by atoms with Crippen LogP contribution < -0.4 is 5.32 Å². The van der Waals surface area contributed by atoms with Crippen molar-refractivity contribution in [1.29, 1.82) is 0 Å². The summed E-state index contributed by atoms with van der Waals surface area (Å²) in [5.74, 6) is -0.456. The van der Waals surface area contributed by atoms with Gasteiger partial charge in [-0.25, -0.2) is 0 Å². The fourth-order valence-corrected chi connectivity index (χ4v) is 2.04. The Morgan fingerprint density at radius 3 is 2.43 bits per heavy atom. The van der Waals surface area contributed by atoms with E-state index in [0.29, 0.717) is 5.92 Å². The Kier molecular flexibility index (Phi) is 6.39. The van der Waals surface area contributed by atoms with E-state index in [-0.39, 0.29) is 13.1 Å². The SMILES string of the molecule is C=C/C(=N\CC(NC)N(C)/C(=N\CC)C(F)(F)F)C1CC1. The quantitative estimate of drug-likeness (QED) is 0.446. The van der Waals surface area contributed by atoms with Crippen molar-refractivity contribution >= 4 is 11.5 Å². The van der Waals surface area contributed by atoms with Crippen LogP contribution in [-0.4, -0.2) is 56.0 Å². The molecule has 1 fully saturated rings. The Morgan fingerprint density at radius 2 is 2.05 bits per heavy atom. The lowest BCUT2D eigenvalue weighted by molar-refractivity contribution is -0.0700. The first-order valence-electron chi connectivity index (χ1n) is 7.03. The van der Waals surface area contributed by atoms with Gasteiger partial charge in [-0.3, -0.25) is 15.3 Å². The second kappa shape index (κ2) is 7.59. The molecule has 4 nitrogen and oxygen atoms in total. The van der Waals surface area contributed by atoms with Gasteiger partial charge in [0.1, 0.15) is 6.17 Å². The Labute approximate surface area is 123 Å². The minimum absolute atomic E-state index is 0.0822. The zero-order chi connectivity index (χ0) is 16.0. The molecule has 1 aliphatic carbocycles. The summed E-state index contributed by atoms with van der Waals surface area (Å²) in [7, 11) is 2.99. The van der Waals surface area contributed by atoms with Crippen LogP contribution in [-0.2, 0) is 0 Å². The molecule has 7 heteroatoms.